The topological polar surface area (TPSA) is 74.8 Å². The van der Waals surface area contributed by atoms with Gasteiger partial charge in [0.2, 0.25) is 5.82 Å². The van der Waals surface area contributed by atoms with Crippen LogP contribution in [-0.4, -0.2) is 37.7 Å². The average molecular weight is 415 g/mol. The second-order valence-corrected chi connectivity index (χ2v) is 7.47. The van der Waals surface area contributed by atoms with Gasteiger partial charge >= 0.3 is 0 Å². The Balaban J connectivity index is 1.45. The summed E-state index contributed by atoms with van der Waals surface area (Å²) in [6, 6.07) is 19.6. The van der Waals surface area contributed by atoms with E-state index in [1.165, 1.54) is 10.4 Å². The molecule has 158 valence electrons. The summed E-state index contributed by atoms with van der Waals surface area (Å²) >= 11 is 0. The van der Waals surface area contributed by atoms with Gasteiger partial charge in [-0.2, -0.15) is 4.80 Å². The largest absolute Gasteiger partial charge is 0.497 e. The molecule has 0 unspecified atom stereocenters. The van der Waals surface area contributed by atoms with Gasteiger partial charge in [-0.15, -0.1) is 10.2 Å². The second kappa shape index (κ2) is 8.95. The Labute approximate surface area is 181 Å². The van der Waals surface area contributed by atoms with E-state index in [9.17, 15) is 4.79 Å². The minimum atomic E-state index is -0.0270. The normalized spacial score (nSPS) is 10.9. The van der Waals surface area contributed by atoms with Gasteiger partial charge < -0.3 is 9.30 Å². The Kier molecular flexibility index (Phi) is 5.93. The van der Waals surface area contributed by atoms with Crippen molar-refractivity contribution in [1.29, 1.82) is 0 Å². The minimum absolute atomic E-state index is 0.0270. The fraction of sp³-hybridized carbons (Fsp3) is 0.250. The van der Waals surface area contributed by atoms with Crippen LogP contribution in [0.2, 0.25) is 0 Å². The molecule has 0 aliphatic rings. The Hall–Kier alpha value is -3.74. The van der Waals surface area contributed by atoms with Gasteiger partial charge in [-0.1, -0.05) is 42.5 Å². The molecule has 0 amide bonds. The van der Waals surface area contributed by atoms with Crippen LogP contribution < -0.4 is 4.74 Å². The van der Waals surface area contributed by atoms with Crippen LogP contribution in [0.5, 0.6) is 5.75 Å². The summed E-state index contributed by atoms with van der Waals surface area (Å²) < 4.78 is 7.40. The molecule has 0 aliphatic carbocycles. The first-order valence-electron chi connectivity index (χ1n) is 10.2. The van der Waals surface area contributed by atoms with Crippen molar-refractivity contribution in [2.24, 2.45) is 0 Å². The van der Waals surface area contributed by atoms with E-state index in [2.05, 4.69) is 32.1 Å². The van der Waals surface area contributed by atoms with Crippen molar-refractivity contribution in [3.63, 3.8) is 0 Å². The Bertz CT molecular complexity index is 1180. The summed E-state index contributed by atoms with van der Waals surface area (Å²) in [7, 11) is 1.66. The molecular weight excluding hydrogens is 390 g/mol. The van der Waals surface area contributed by atoms with E-state index in [4.69, 9.17) is 4.74 Å². The number of benzene rings is 2. The molecule has 2 aromatic heterocycles. The van der Waals surface area contributed by atoms with Crippen molar-refractivity contribution >= 4 is 5.78 Å². The molecule has 7 nitrogen and oxygen atoms in total. The molecule has 0 spiro atoms. The number of hydrogen-bond donors (Lipinski definition) is 0. The number of hydrogen-bond acceptors (Lipinski definition) is 5. The first-order chi connectivity index (χ1) is 15.0. The fourth-order valence-electron chi connectivity index (χ4n) is 3.69. The highest BCUT2D eigenvalue weighted by atomic mass is 16.5. The van der Waals surface area contributed by atoms with E-state index < -0.39 is 0 Å². The predicted octanol–water partition coefficient (Wildman–Crippen LogP) is 3.89. The van der Waals surface area contributed by atoms with Crippen LogP contribution in [0.15, 0.2) is 60.7 Å². The van der Waals surface area contributed by atoms with Crippen molar-refractivity contribution in [3.8, 4) is 17.1 Å². The molecule has 4 rings (SSSR count). The van der Waals surface area contributed by atoms with E-state index >= 15 is 0 Å². The van der Waals surface area contributed by atoms with Gasteiger partial charge in [-0.3, -0.25) is 4.79 Å². The van der Waals surface area contributed by atoms with E-state index in [1.807, 2.05) is 62.4 Å². The fourth-order valence-corrected chi connectivity index (χ4v) is 3.69. The molecule has 2 heterocycles. The molecule has 0 N–H and O–H groups in total. The van der Waals surface area contributed by atoms with Crippen LogP contribution in [0.4, 0.5) is 0 Å². The van der Waals surface area contributed by atoms with Gasteiger partial charge in [-0.25, -0.2) is 0 Å². The van der Waals surface area contributed by atoms with E-state index in [0.29, 0.717) is 11.4 Å². The summed E-state index contributed by atoms with van der Waals surface area (Å²) in [6.07, 6.45) is 0.874. The van der Waals surface area contributed by atoms with Crippen LogP contribution in [0.3, 0.4) is 0 Å². The predicted molar refractivity (Wildman–Crippen MR) is 118 cm³/mol. The highest BCUT2D eigenvalue weighted by Crippen LogP contribution is 2.19. The maximum absolute atomic E-state index is 12.9. The van der Waals surface area contributed by atoms with Crippen molar-refractivity contribution in [2.45, 2.75) is 33.4 Å². The number of tetrazole rings is 1. The number of ketones is 1. The van der Waals surface area contributed by atoms with Crippen molar-refractivity contribution in [2.75, 3.05) is 7.11 Å². The Morgan fingerprint density at radius 2 is 1.77 bits per heavy atom. The summed E-state index contributed by atoms with van der Waals surface area (Å²) in [6.45, 7) is 4.87. The van der Waals surface area contributed by atoms with Crippen molar-refractivity contribution in [1.82, 2.24) is 24.8 Å². The first-order valence-corrected chi connectivity index (χ1v) is 10.2. The van der Waals surface area contributed by atoms with Crippen LogP contribution in [0.1, 0.15) is 27.3 Å². The third kappa shape index (κ3) is 4.55. The quantitative estimate of drug-likeness (QED) is 0.408. The summed E-state index contributed by atoms with van der Waals surface area (Å²) in [4.78, 5) is 14.3. The van der Waals surface area contributed by atoms with E-state index in [-0.39, 0.29) is 12.3 Å². The van der Waals surface area contributed by atoms with Gasteiger partial charge in [0.1, 0.15) is 12.3 Å². The zero-order valence-corrected chi connectivity index (χ0v) is 17.9. The Morgan fingerprint density at radius 3 is 2.48 bits per heavy atom. The zero-order valence-electron chi connectivity index (χ0n) is 17.9. The number of carbonyl (C=O) groups excluding carboxylic acids is 1. The maximum atomic E-state index is 12.9. The van der Waals surface area contributed by atoms with Crippen molar-refractivity contribution < 1.29 is 9.53 Å². The van der Waals surface area contributed by atoms with Crippen molar-refractivity contribution in [3.05, 3.63) is 83.2 Å². The number of nitrogens with zero attached hydrogens (tertiary/aromatic N) is 5. The average Bonchev–Trinajstić information content (AvgIpc) is 3.37. The summed E-state index contributed by atoms with van der Waals surface area (Å²) in [5, 5.41) is 12.5. The molecular formula is C24H25N5O2. The van der Waals surface area contributed by atoms with E-state index in [0.717, 1.165) is 35.7 Å². The SMILES string of the molecule is COc1ccc(CCn2c(C)cc(C(=O)Cn3nnc(-c4ccccc4)n3)c2C)cc1. The summed E-state index contributed by atoms with van der Waals surface area (Å²) in [5.41, 5.74) is 4.82. The third-order valence-corrected chi connectivity index (χ3v) is 5.43. The summed E-state index contributed by atoms with van der Waals surface area (Å²) in [5.74, 6) is 1.33. The lowest BCUT2D eigenvalue weighted by Gasteiger charge is -2.10. The van der Waals surface area contributed by atoms with Gasteiger partial charge in [-0.05, 0) is 49.2 Å². The van der Waals surface area contributed by atoms with Crippen LogP contribution in [-0.2, 0) is 19.5 Å². The monoisotopic (exact) mass is 415 g/mol. The number of aryl methyl sites for hydroxylation is 2. The number of Topliss-reactive ketones (excluding diaryl/α,β-unsaturated/α-hetero) is 1. The molecule has 0 radical (unpaired) electrons. The number of methoxy groups -OCH3 is 1. The lowest BCUT2D eigenvalue weighted by molar-refractivity contribution is 0.0960. The molecule has 4 aromatic rings. The number of carbonyl (C=O) groups is 1. The molecule has 31 heavy (non-hydrogen) atoms. The Morgan fingerprint density at radius 1 is 1.03 bits per heavy atom. The third-order valence-electron chi connectivity index (χ3n) is 5.43. The second-order valence-electron chi connectivity index (χ2n) is 7.47. The van der Waals surface area contributed by atoms with Gasteiger partial charge in [0.05, 0.1) is 7.11 Å². The molecule has 2 aromatic carbocycles. The maximum Gasteiger partial charge on any atom is 0.204 e. The van der Waals surface area contributed by atoms with Crippen LogP contribution in [0, 0.1) is 13.8 Å². The minimum Gasteiger partial charge on any atom is -0.497 e. The van der Waals surface area contributed by atoms with Crippen LogP contribution in [0.25, 0.3) is 11.4 Å². The zero-order chi connectivity index (χ0) is 21.8. The number of ether oxygens (including phenoxy) is 1. The highest BCUT2D eigenvalue weighted by Gasteiger charge is 2.17. The molecule has 0 saturated heterocycles. The smallest absolute Gasteiger partial charge is 0.204 e. The van der Waals surface area contributed by atoms with Gasteiger partial charge in [0.25, 0.3) is 0 Å². The molecule has 0 atom stereocenters. The highest BCUT2D eigenvalue weighted by molar-refractivity contribution is 5.97. The van der Waals surface area contributed by atoms with E-state index in [1.54, 1.807) is 7.11 Å². The number of rotatable bonds is 8. The van der Waals surface area contributed by atoms with Gasteiger partial charge in [0, 0.05) is 29.1 Å². The number of aromatic nitrogens is 5. The lowest BCUT2D eigenvalue weighted by Crippen LogP contribution is -2.14. The lowest BCUT2D eigenvalue weighted by atomic mass is 10.1. The molecule has 0 aliphatic heterocycles. The van der Waals surface area contributed by atoms with Gasteiger partial charge in [0.15, 0.2) is 5.78 Å². The van der Waals surface area contributed by atoms with Crippen LogP contribution >= 0.6 is 0 Å². The molecule has 0 fully saturated rings. The first kappa shape index (κ1) is 20.5. The molecule has 0 bridgehead atoms. The standard InChI is InChI=1S/C24H25N5O2/c1-17-15-22(18(2)28(17)14-13-19-9-11-21(31-3)12-10-19)23(30)16-29-26-24(25-27-29)20-7-5-4-6-8-20/h4-12,15H,13-14,16H2,1-3H3. The molecule has 0 saturated carbocycles. The molecule has 7 heteroatoms.